The molecule has 0 aliphatic heterocycles. The van der Waals surface area contributed by atoms with E-state index in [4.69, 9.17) is 9.47 Å². The molecule has 28 heavy (non-hydrogen) atoms. The molecule has 1 saturated carbocycles. The fourth-order valence-corrected chi connectivity index (χ4v) is 5.35. The summed E-state index contributed by atoms with van der Waals surface area (Å²) in [4.78, 5) is 16.5. The lowest BCUT2D eigenvalue weighted by molar-refractivity contribution is -0.156. The molecule has 1 fully saturated rings. The fourth-order valence-electron chi connectivity index (χ4n) is 3.53. The Morgan fingerprint density at radius 2 is 1.96 bits per heavy atom. The summed E-state index contributed by atoms with van der Waals surface area (Å²) in [7, 11) is 0.861. The largest absolute Gasteiger partial charge is 0.497 e. The average Bonchev–Trinajstić information content (AvgIpc) is 3.08. The highest BCUT2D eigenvalue weighted by Crippen LogP contribution is 2.43. The fraction of sp³-hybridized carbons (Fsp3) is 0.474. The molecule has 0 bridgehead atoms. The topological polar surface area (TPSA) is 99.5 Å². The Labute approximate surface area is 164 Å². The Morgan fingerprint density at radius 1 is 1.29 bits per heavy atom. The van der Waals surface area contributed by atoms with Crippen LogP contribution in [0.5, 0.6) is 5.75 Å². The number of carbonyl (C=O) groups excluding carboxylic acids is 1. The number of nitrogens with zero attached hydrogens (tertiary/aromatic N) is 2. The monoisotopic (exact) mass is 407 g/mol. The number of carbonyl (C=O) groups is 1. The maximum Gasteiger partial charge on any atom is 0.312 e. The zero-order valence-electron chi connectivity index (χ0n) is 16.2. The van der Waals surface area contributed by atoms with Gasteiger partial charge in [-0.05, 0) is 30.5 Å². The van der Waals surface area contributed by atoms with Gasteiger partial charge in [0.2, 0.25) is 10.0 Å². The lowest BCUT2D eigenvalue weighted by Crippen LogP contribution is -2.48. The zero-order chi connectivity index (χ0) is 20.4. The van der Waals surface area contributed by atoms with Crippen LogP contribution in [-0.2, 0) is 26.6 Å². The number of hydrogen-bond donors (Lipinski definition) is 1. The second-order valence-electron chi connectivity index (χ2n) is 7.10. The first-order chi connectivity index (χ1) is 13.3. The highest BCUT2D eigenvalue weighted by atomic mass is 32.2. The van der Waals surface area contributed by atoms with Crippen molar-refractivity contribution in [2.24, 2.45) is 12.5 Å². The number of benzene rings is 1. The predicted octanol–water partition coefficient (Wildman–Crippen LogP) is 1.78. The molecule has 0 saturated heterocycles. The van der Waals surface area contributed by atoms with Gasteiger partial charge in [-0.15, -0.1) is 0 Å². The molecule has 1 aromatic carbocycles. The van der Waals surface area contributed by atoms with Crippen LogP contribution >= 0.6 is 0 Å². The molecule has 2 aromatic rings. The Hall–Kier alpha value is -2.39. The van der Waals surface area contributed by atoms with E-state index in [0.29, 0.717) is 24.4 Å². The van der Waals surface area contributed by atoms with Gasteiger partial charge in [-0.2, -0.15) is 0 Å². The number of aromatic nitrogens is 2. The minimum atomic E-state index is -3.80. The van der Waals surface area contributed by atoms with E-state index in [9.17, 15) is 13.2 Å². The van der Waals surface area contributed by atoms with E-state index in [2.05, 4.69) is 9.71 Å². The quantitative estimate of drug-likeness (QED) is 0.670. The van der Waals surface area contributed by atoms with Gasteiger partial charge in [0.15, 0.2) is 0 Å². The second kappa shape index (κ2) is 7.92. The van der Waals surface area contributed by atoms with Crippen LogP contribution in [0.1, 0.15) is 36.7 Å². The first-order valence-electron chi connectivity index (χ1n) is 9.00. The summed E-state index contributed by atoms with van der Waals surface area (Å²) in [6.07, 6.45) is 5.20. The molecule has 1 unspecified atom stereocenters. The van der Waals surface area contributed by atoms with Crippen LogP contribution < -0.4 is 9.46 Å². The van der Waals surface area contributed by atoms with Crippen molar-refractivity contribution in [3.63, 3.8) is 0 Å². The number of rotatable bonds is 8. The number of sulfonamides is 1. The molecule has 0 amide bonds. The van der Waals surface area contributed by atoms with Gasteiger partial charge in [-0.1, -0.05) is 18.6 Å². The molecule has 1 atom stereocenters. The van der Waals surface area contributed by atoms with E-state index in [1.165, 1.54) is 7.11 Å². The summed E-state index contributed by atoms with van der Waals surface area (Å²) in [5.41, 5.74) is -0.244. The van der Waals surface area contributed by atoms with Crippen LogP contribution in [0.15, 0.2) is 36.7 Å². The smallest absolute Gasteiger partial charge is 0.312 e. The predicted molar refractivity (Wildman–Crippen MR) is 103 cm³/mol. The van der Waals surface area contributed by atoms with Gasteiger partial charge in [0.05, 0.1) is 25.4 Å². The first kappa shape index (κ1) is 20.3. The van der Waals surface area contributed by atoms with Gasteiger partial charge >= 0.3 is 5.97 Å². The molecule has 1 heterocycles. The lowest BCUT2D eigenvalue weighted by atomic mass is 9.70. The van der Waals surface area contributed by atoms with Gasteiger partial charge < -0.3 is 14.0 Å². The average molecular weight is 407 g/mol. The summed E-state index contributed by atoms with van der Waals surface area (Å²) >= 11 is 0. The van der Waals surface area contributed by atoms with Crippen molar-refractivity contribution < 1.29 is 22.7 Å². The van der Waals surface area contributed by atoms with Gasteiger partial charge in [-0.3, -0.25) is 4.79 Å². The summed E-state index contributed by atoms with van der Waals surface area (Å²) in [6.45, 7) is 0. The number of imidazole rings is 1. The summed E-state index contributed by atoms with van der Waals surface area (Å²) in [5.74, 6) is 0.449. The van der Waals surface area contributed by atoms with Crippen LogP contribution in [0, 0.1) is 5.41 Å². The molecule has 8 nitrogen and oxygen atoms in total. The number of methoxy groups -OCH3 is 2. The standard InChI is InChI=1S/C19H25N3O5S/c1-22-12-11-20-17(22)16(14-5-7-15(26-2)8-6-14)21-28(24,25)13-19(9-4-10-19)18(23)27-3/h5-8,11-12,16,21H,4,9-10,13H2,1-3H3. The third-order valence-corrected chi connectivity index (χ3v) is 6.79. The molecule has 0 spiro atoms. The van der Waals surface area contributed by atoms with Crippen molar-refractivity contribution in [3.8, 4) is 5.75 Å². The van der Waals surface area contributed by atoms with Crippen molar-refractivity contribution in [3.05, 3.63) is 48.0 Å². The van der Waals surface area contributed by atoms with Gasteiger partial charge in [0.1, 0.15) is 17.6 Å². The SMILES string of the molecule is COC(=O)C1(CS(=O)(=O)NC(c2ccc(OC)cc2)c2nccn2C)CCC1. The second-order valence-corrected chi connectivity index (χ2v) is 8.86. The van der Waals surface area contributed by atoms with E-state index in [1.54, 1.807) is 55.4 Å². The maximum absolute atomic E-state index is 13.0. The maximum atomic E-state index is 13.0. The lowest BCUT2D eigenvalue weighted by Gasteiger charge is -2.38. The molecule has 152 valence electrons. The molecule has 1 aliphatic rings. The van der Waals surface area contributed by atoms with E-state index in [-0.39, 0.29) is 5.75 Å². The number of ether oxygens (including phenoxy) is 2. The van der Waals surface area contributed by atoms with E-state index < -0.39 is 27.4 Å². The first-order valence-corrected chi connectivity index (χ1v) is 10.6. The van der Waals surface area contributed by atoms with Crippen molar-refractivity contribution in [1.29, 1.82) is 0 Å². The van der Waals surface area contributed by atoms with Crippen molar-refractivity contribution in [2.45, 2.75) is 25.3 Å². The van der Waals surface area contributed by atoms with Crippen LogP contribution in [0.3, 0.4) is 0 Å². The van der Waals surface area contributed by atoms with Crippen molar-refractivity contribution >= 4 is 16.0 Å². The number of aryl methyl sites for hydroxylation is 1. The Bertz CT molecular complexity index is 933. The summed E-state index contributed by atoms with van der Waals surface area (Å²) in [5, 5.41) is 0. The molecule has 1 aromatic heterocycles. The van der Waals surface area contributed by atoms with E-state index >= 15 is 0 Å². The van der Waals surface area contributed by atoms with Crippen molar-refractivity contribution in [1.82, 2.24) is 14.3 Å². The summed E-state index contributed by atoms with van der Waals surface area (Å²) in [6, 6.07) is 6.43. The number of nitrogens with one attached hydrogen (secondary N) is 1. The van der Waals surface area contributed by atoms with E-state index in [0.717, 1.165) is 12.0 Å². The van der Waals surface area contributed by atoms with Gasteiger partial charge in [0.25, 0.3) is 0 Å². The highest BCUT2D eigenvalue weighted by molar-refractivity contribution is 7.89. The number of esters is 1. The molecule has 1 N–H and O–H groups in total. The Morgan fingerprint density at radius 3 is 2.43 bits per heavy atom. The number of hydrogen-bond acceptors (Lipinski definition) is 6. The third kappa shape index (κ3) is 4.05. The molecule has 1 aliphatic carbocycles. The molecular formula is C19H25N3O5S. The van der Waals surface area contributed by atoms with Gasteiger partial charge in [-0.25, -0.2) is 18.1 Å². The van der Waals surface area contributed by atoms with Crippen LogP contribution in [0.2, 0.25) is 0 Å². The molecule has 0 radical (unpaired) electrons. The summed E-state index contributed by atoms with van der Waals surface area (Å²) < 4.78 is 40.5. The molecule has 3 rings (SSSR count). The van der Waals surface area contributed by atoms with Crippen LogP contribution in [0.4, 0.5) is 0 Å². The van der Waals surface area contributed by atoms with Crippen LogP contribution in [-0.4, -0.2) is 43.9 Å². The van der Waals surface area contributed by atoms with Crippen LogP contribution in [0.25, 0.3) is 0 Å². The Balaban J connectivity index is 1.90. The molecular weight excluding hydrogens is 382 g/mol. The third-order valence-electron chi connectivity index (χ3n) is 5.26. The normalized spacial score (nSPS) is 16.8. The van der Waals surface area contributed by atoms with E-state index in [1.807, 2.05) is 0 Å². The zero-order valence-corrected chi connectivity index (χ0v) is 17.0. The Kier molecular flexibility index (Phi) is 5.76. The minimum Gasteiger partial charge on any atom is -0.497 e. The highest BCUT2D eigenvalue weighted by Gasteiger charge is 2.49. The minimum absolute atomic E-state index is 0.302. The molecule has 9 heteroatoms. The van der Waals surface area contributed by atoms with Gasteiger partial charge in [0, 0.05) is 19.4 Å². The van der Waals surface area contributed by atoms with Crippen molar-refractivity contribution in [2.75, 3.05) is 20.0 Å².